The van der Waals surface area contributed by atoms with Gasteiger partial charge in [0.15, 0.2) is 17.3 Å². The Kier molecular flexibility index (Phi) is 6.35. The summed E-state index contributed by atoms with van der Waals surface area (Å²) in [5, 5.41) is 8.44. The molecular formula is C27H24ClN5O3. The fraction of sp³-hybridized carbons (Fsp3) is 0.148. The Morgan fingerprint density at radius 2 is 1.89 bits per heavy atom. The summed E-state index contributed by atoms with van der Waals surface area (Å²) < 4.78 is 13.3. The zero-order valence-corrected chi connectivity index (χ0v) is 20.5. The minimum Gasteiger partial charge on any atom is -0.493 e. The van der Waals surface area contributed by atoms with Crippen LogP contribution in [0.3, 0.4) is 0 Å². The summed E-state index contributed by atoms with van der Waals surface area (Å²) in [6.45, 7) is 2.19. The van der Waals surface area contributed by atoms with E-state index in [0.29, 0.717) is 46.2 Å². The molecule has 1 aliphatic rings. The van der Waals surface area contributed by atoms with Crippen molar-refractivity contribution >= 4 is 23.5 Å². The van der Waals surface area contributed by atoms with E-state index in [2.05, 4.69) is 10.3 Å². The Labute approximate surface area is 213 Å². The highest BCUT2D eigenvalue weighted by molar-refractivity contribution is 6.30. The molecule has 3 aromatic carbocycles. The number of aromatic nitrogens is 3. The third-order valence-electron chi connectivity index (χ3n) is 5.94. The number of nitrogens with one attached hydrogen (secondary N) is 1. The van der Waals surface area contributed by atoms with Crippen LogP contribution in [0.2, 0.25) is 5.02 Å². The standard InChI is InChI=1S/C27H24ClN5O3/c1-16-23(25(29)34)24(33-27(30-16)31-26(32-33)19-9-6-10-20(28)13-19)18-11-12-21(22(14-18)35-2)36-15-17-7-4-3-5-8-17/h3-14,24H,15H2,1-2H3,(H2,29,34)(H,30,31,32). The zero-order valence-electron chi connectivity index (χ0n) is 19.7. The first-order valence-electron chi connectivity index (χ1n) is 11.3. The number of anilines is 1. The van der Waals surface area contributed by atoms with E-state index in [1.54, 1.807) is 30.8 Å². The second-order valence-electron chi connectivity index (χ2n) is 8.33. The monoisotopic (exact) mass is 501 g/mol. The van der Waals surface area contributed by atoms with Crippen molar-refractivity contribution in [2.24, 2.45) is 5.73 Å². The van der Waals surface area contributed by atoms with Gasteiger partial charge < -0.3 is 20.5 Å². The van der Waals surface area contributed by atoms with E-state index in [-0.39, 0.29) is 0 Å². The van der Waals surface area contributed by atoms with Crippen molar-refractivity contribution in [3.63, 3.8) is 0 Å². The maximum absolute atomic E-state index is 12.5. The summed E-state index contributed by atoms with van der Waals surface area (Å²) in [7, 11) is 1.57. The van der Waals surface area contributed by atoms with Crippen LogP contribution in [0.1, 0.15) is 24.1 Å². The number of hydrogen-bond acceptors (Lipinski definition) is 6. The number of halogens is 1. The highest BCUT2D eigenvalue weighted by atomic mass is 35.5. The normalized spacial score (nSPS) is 14.7. The van der Waals surface area contributed by atoms with E-state index in [4.69, 9.17) is 31.9 Å². The highest BCUT2D eigenvalue weighted by Gasteiger charge is 2.34. The van der Waals surface area contributed by atoms with Crippen molar-refractivity contribution in [1.82, 2.24) is 14.8 Å². The van der Waals surface area contributed by atoms with Gasteiger partial charge in [0.2, 0.25) is 11.9 Å². The molecule has 9 heteroatoms. The van der Waals surface area contributed by atoms with Crippen molar-refractivity contribution < 1.29 is 14.3 Å². The van der Waals surface area contributed by atoms with Crippen molar-refractivity contribution in [2.75, 3.05) is 12.4 Å². The summed E-state index contributed by atoms with van der Waals surface area (Å²) in [5.41, 5.74) is 9.35. The second kappa shape index (κ2) is 9.75. The van der Waals surface area contributed by atoms with Gasteiger partial charge in [-0.05, 0) is 42.3 Å². The number of benzene rings is 3. The van der Waals surface area contributed by atoms with Gasteiger partial charge in [-0.2, -0.15) is 4.98 Å². The first kappa shape index (κ1) is 23.4. The number of nitrogens with two attached hydrogens (primary N) is 1. The van der Waals surface area contributed by atoms with Gasteiger partial charge in [0.25, 0.3) is 0 Å². The number of ether oxygens (including phenoxy) is 2. The summed E-state index contributed by atoms with van der Waals surface area (Å²) >= 11 is 6.17. The number of carbonyl (C=O) groups excluding carboxylic acids is 1. The minimum absolute atomic E-state index is 0.380. The van der Waals surface area contributed by atoms with E-state index in [0.717, 1.165) is 16.7 Å². The van der Waals surface area contributed by atoms with Crippen LogP contribution in [0.4, 0.5) is 5.95 Å². The number of hydrogen-bond donors (Lipinski definition) is 2. The molecule has 1 atom stereocenters. The molecular weight excluding hydrogens is 478 g/mol. The molecule has 8 nitrogen and oxygen atoms in total. The first-order valence-corrected chi connectivity index (χ1v) is 11.7. The first-order chi connectivity index (χ1) is 17.4. The molecule has 2 heterocycles. The molecule has 5 rings (SSSR count). The number of carbonyl (C=O) groups is 1. The quantitative estimate of drug-likeness (QED) is 0.371. The van der Waals surface area contributed by atoms with Crippen LogP contribution < -0.4 is 20.5 Å². The van der Waals surface area contributed by atoms with Gasteiger partial charge in [0.05, 0.1) is 12.7 Å². The molecule has 1 aromatic heterocycles. The number of primary amides is 1. The molecule has 0 saturated carbocycles. The topological polar surface area (TPSA) is 104 Å². The predicted octanol–water partition coefficient (Wildman–Crippen LogP) is 4.96. The van der Waals surface area contributed by atoms with Crippen LogP contribution in [0.25, 0.3) is 11.4 Å². The van der Waals surface area contributed by atoms with E-state index in [1.807, 2.05) is 60.7 Å². The molecule has 1 aliphatic heterocycles. The van der Waals surface area contributed by atoms with Crippen LogP contribution in [0.15, 0.2) is 84.1 Å². The number of allylic oxidation sites excluding steroid dienone is 1. The molecule has 1 amide bonds. The van der Waals surface area contributed by atoms with Crippen molar-refractivity contribution in [3.8, 4) is 22.9 Å². The molecule has 3 N–H and O–H groups in total. The van der Waals surface area contributed by atoms with Crippen LogP contribution in [-0.2, 0) is 11.4 Å². The fourth-order valence-corrected chi connectivity index (χ4v) is 4.43. The number of methoxy groups -OCH3 is 1. The summed E-state index contributed by atoms with van der Waals surface area (Å²) in [6, 6.07) is 22.1. The second-order valence-corrected chi connectivity index (χ2v) is 8.77. The Hall–Kier alpha value is -4.30. The van der Waals surface area contributed by atoms with Crippen molar-refractivity contribution in [3.05, 3.63) is 100 Å². The van der Waals surface area contributed by atoms with Crippen LogP contribution in [0, 0.1) is 0 Å². The van der Waals surface area contributed by atoms with Gasteiger partial charge in [0.1, 0.15) is 12.6 Å². The van der Waals surface area contributed by atoms with Crippen molar-refractivity contribution in [1.29, 1.82) is 0 Å². The average Bonchev–Trinajstić information content (AvgIpc) is 3.30. The van der Waals surface area contributed by atoms with Crippen LogP contribution in [-0.4, -0.2) is 27.8 Å². The summed E-state index contributed by atoms with van der Waals surface area (Å²) in [5.74, 6) is 1.51. The molecule has 0 saturated heterocycles. The summed E-state index contributed by atoms with van der Waals surface area (Å²) in [4.78, 5) is 17.2. The molecule has 0 fully saturated rings. The molecule has 1 unspecified atom stereocenters. The van der Waals surface area contributed by atoms with Crippen LogP contribution >= 0.6 is 11.6 Å². The van der Waals surface area contributed by atoms with E-state index >= 15 is 0 Å². The molecule has 36 heavy (non-hydrogen) atoms. The maximum Gasteiger partial charge on any atom is 0.248 e. The zero-order chi connectivity index (χ0) is 25.2. The Morgan fingerprint density at radius 1 is 1.08 bits per heavy atom. The maximum atomic E-state index is 12.5. The SMILES string of the molecule is COc1cc(C2C(C(N)=O)=C(C)Nc3nc(-c4cccc(Cl)c4)nn32)ccc1OCc1ccccc1. The Balaban J connectivity index is 1.54. The number of nitrogens with zero attached hydrogens (tertiary/aromatic N) is 3. The highest BCUT2D eigenvalue weighted by Crippen LogP contribution is 2.39. The lowest BCUT2D eigenvalue weighted by molar-refractivity contribution is -0.115. The molecule has 182 valence electrons. The van der Waals surface area contributed by atoms with Gasteiger partial charge in [-0.1, -0.05) is 60.1 Å². The van der Waals surface area contributed by atoms with E-state index in [9.17, 15) is 4.79 Å². The van der Waals surface area contributed by atoms with Crippen LogP contribution in [0.5, 0.6) is 11.5 Å². The number of fused-ring (bicyclic) bond motifs is 1. The average molecular weight is 502 g/mol. The third kappa shape index (κ3) is 4.50. The third-order valence-corrected chi connectivity index (χ3v) is 6.18. The van der Waals surface area contributed by atoms with Gasteiger partial charge >= 0.3 is 0 Å². The molecule has 0 radical (unpaired) electrons. The predicted molar refractivity (Wildman–Crippen MR) is 138 cm³/mol. The molecule has 0 spiro atoms. The van der Waals surface area contributed by atoms with Gasteiger partial charge in [0, 0.05) is 16.3 Å². The van der Waals surface area contributed by atoms with Crippen molar-refractivity contribution in [2.45, 2.75) is 19.6 Å². The van der Waals surface area contributed by atoms with Gasteiger partial charge in [-0.3, -0.25) is 4.79 Å². The number of amides is 1. The lowest BCUT2D eigenvalue weighted by Crippen LogP contribution is -2.31. The lowest BCUT2D eigenvalue weighted by Gasteiger charge is -2.28. The minimum atomic E-state index is -0.615. The van der Waals surface area contributed by atoms with Gasteiger partial charge in [-0.25, -0.2) is 4.68 Å². The lowest BCUT2D eigenvalue weighted by atomic mass is 9.95. The van der Waals surface area contributed by atoms with Gasteiger partial charge in [-0.15, -0.1) is 5.10 Å². The fourth-order valence-electron chi connectivity index (χ4n) is 4.24. The van der Waals surface area contributed by atoms with E-state index < -0.39 is 11.9 Å². The van der Waals surface area contributed by atoms with E-state index in [1.165, 1.54) is 0 Å². The summed E-state index contributed by atoms with van der Waals surface area (Å²) in [6.07, 6.45) is 0. The number of rotatable bonds is 7. The molecule has 0 bridgehead atoms. The Bertz CT molecular complexity index is 1470. The largest absolute Gasteiger partial charge is 0.493 e. The molecule has 0 aliphatic carbocycles. The molecule has 4 aromatic rings. The Morgan fingerprint density at radius 3 is 2.61 bits per heavy atom. The smallest absolute Gasteiger partial charge is 0.248 e.